The Balaban J connectivity index is 1.34. The lowest BCUT2D eigenvalue weighted by atomic mass is 9.84. The van der Waals surface area contributed by atoms with Crippen molar-refractivity contribution in [2.24, 2.45) is 5.41 Å². The monoisotopic (exact) mass is 1100 g/mol. The van der Waals surface area contributed by atoms with Gasteiger partial charge in [0, 0.05) is 23.1 Å². The number of carbonyl (C=O) groups is 1. The van der Waals surface area contributed by atoms with Gasteiger partial charge in [-0.2, -0.15) is 101 Å². The lowest BCUT2D eigenvalue weighted by Crippen LogP contribution is -2.77. The van der Waals surface area contributed by atoms with Crippen LogP contribution in [-0.2, 0) is 9.47 Å². The minimum absolute atomic E-state index is 0.000417. The summed E-state index contributed by atoms with van der Waals surface area (Å²) in [5.41, 5.74) is 0.101. The molecule has 3 aromatic rings. The number of esters is 1. The van der Waals surface area contributed by atoms with E-state index in [0.29, 0.717) is 50.9 Å². The molecule has 73 heavy (non-hydrogen) atoms. The summed E-state index contributed by atoms with van der Waals surface area (Å²) in [5.74, 6) is -79.2. The van der Waals surface area contributed by atoms with Crippen molar-refractivity contribution in [3.63, 3.8) is 0 Å². The van der Waals surface area contributed by atoms with E-state index in [4.69, 9.17) is 18.9 Å². The molecule has 408 valence electrons. The van der Waals surface area contributed by atoms with E-state index in [9.17, 15) is 106 Å². The summed E-state index contributed by atoms with van der Waals surface area (Å²) >= 11 is 0. The first-order valence-corrected chi connectivity index (χ1v) is 20.6. The van der Waals surface area contributed by atoms with Crippen LogP contribution < -0.4 is 14.2 Å². The lowest BCUT2D eigenvalue weighted by molar-refractivity contribution is -0.483. The van der Waals surface area contributed by atoms with Crippen molar-refractivity contribution in [2.75, 3.05) is 33.0 Å². The van der Waals surface area contributed by atoms with Gasteiger partial charge in [0.15, 0.2) is 0 Å². The third kappa shape index (κ3) is 11.3. The summed E-state index contributed by atoms with van der Waals surface area (Å²) in [7, 11) is 0. The number of rotatable bonds is 24. The number of halogens is 23. The van der Waals surface area contributed by atoms with Crippen LogP contribution in [0.25, 0.3) is 0 Å². The predicted molar refractivity (Wildman–Crippen MR) is 205 cm³/mol. The Morgan fingerprint density at radius 3 is 1.27 bits per heavy atom. The van der Waals surface area contributed by atoms with E-state index < -0.39 is 77.3 Å². The van der Waals surface area contributed by atoms with Crippen LogP contribution in [0.2, 0.25) is 0 Å². The summed E-state index contributed by atoms with van der Waals surface area (Å²) in [4.78, 5) is 12.6. The molecule has 6 nitrogen and oxygen atoms in total. The summed E-state index contributed by atoms with van der Waals surface area (Å²) < 4.78 is 341. The van der Waals surface area contributed by atoms with Gasteiger partial charge in [0.05, 0.1) is 32.0 Å². The van der Waals surface area contributed by atoms with Crippen molar-refractivity contribution in [1.82, 2.24) is 0 Å². The van der Waals surface area contributed by atoms with Crippen molar-refractivity contribution < 1.29 is 129 Å². The molecular weight excluding hydrogens is 1060 g/mol. The Bertz CT molecular complexity index is 2380. The van der Waals surface area contributed by atoms with Gasteiger partial charge in [-0.3, -0.25) is 0 Å². The average Bonchev–Trinajstić information content (AvgIpc) is 3.28. The van der Waals surface area contributed by atoms with Crippen LogP contribution in [0.3, 0.4) is 0 Å². The van der Waals surface area contributed by atoms with E-state index in [2.05, 4.69) is 23.5 Å². The van der Waals surface area contributed by atoms with Gasteiger partial charge in [-0.05, 0) is 98.5 Å². The molecule has 29 heteroatoms. The van der Waals surface area contributed by atoms with Crippen LogP contribution in [0.1, 0.15) is 60.5 Å². The van der Waals surface area contributed by atoms with E-state index in [1.165, 1.54) is 36.4 Å². The zero-order valence-corrected chi connectivity index (χ0v) is 36.6. The highest BCUT2D eigenvalue weighted by atomic mass is 19.4. The summed E-state index contributed by atoms with van der Waals surface area (Å²) in [5, 5.41) is 0. The van der Waals surface area contributed by atoms with Gasteiger partial charge < -0.3 is 23.7 Å². The van der Waals surface area contributed by atoms with Crippen LogP contribution in [0, 0.1) is 17.3 Å². The van der Waals surface area contributed by atoms with Gasteiger partial charge in [-0.1, -0.05) is 25.2 Å². The molecule has 0 atom stereocenters. The molecule has 0 spiro atoms. The first-order chi connectivity index (χ1) is 33.2. The molecule has 1 aliphatic heterocycles. The second-order valence-corrected chi connectivity index (χ2v) is 16.2. The zero-order chi connectivity index (χ0) is 55.5. The normalized spacial score (nSPS) is 15.5. The number of hydrogen-bond acceptors (Lipinski definition) is 6. The Morgan fingerprint density at radius 2 is 0.877 bits per heavy atom. The zero-order valence-electron chi connectivity index (χ0n) is 36.6. The SMILES string of the molecule is CCC1(COCCCCCCOc2ccc(C(=O)Oc3ccc(C#Cc4ccc(OC(F)(F)C(F)(F)C(F)(F)C(F)(F)C(F)(F)C(F)(F)C(F)(F)C(F)(F)C(F)(F)C(F)(F)C(F)(F)F)cc4)cc3)cc2)COC1. The third-order valence-corrected chi connectivity index (χ3v) is 10.9. The highest BCUT2D eigenvalue weighted by Crippen LogP contribution is 2.67. The molecule has 1 fully saturated rings. The maximum atomic E-state index is 14.4. The fourth-order valence-corrected chi connectivity index (χ4v) is 6.08. The molecule has 0 N–H and O–H groups in total. The van der Waals surface area contributed by atoms with E-state index in [0.717, 1.165) is 32.1 Å². The number of carbonyl (C=O) groups excluding carboxylic acids is 1. The summed E-state index contributed by atoms with van der Waals surface area (Å²) in [6, 6.07) is 12.4. The minimum atomic E-state index is -9.50. The second kappa shape index (κ2) is 21.1. The number of alkyl halides is 23. The number of benzene rings is 3. The van der Waals surface area contributed by atoms with Crippen molar-refractivity contribution in [2.45, 2.75) is 105 Å². The standard InChI is InChI=1S/C44H35F23O6/c1-2-33(24-70-25-33)23-69-21-5-3-4-6-22-71-29-19-13-28(14-20-29)32(68)72-30-15-9-26(10-16-30)7-8-27-11-17-31(18-12-27)73-44(66,67)42(61,62)40(57,58)38(53,54)36(49,50)34(45,46)35(47,48)37(51,52)39(55,56)41(59,60)43(63,64)65/h9-20H,2-6,21-25H2,1H3. The van der Waals surface area contributed by atoms with Crippen LogP contribution in [0.15, 0.2) is 72.8 Å². The largest absolute Gasteiger partial charge is 0.494 e. The van der Waals surface area contributed by atoms with Crippen LogP contribution in [0.5, 0.6) is 17.2 Å². The van der Waals surface area contributed by atoms with Crippen molar-refractivity contribution in [3.8, 4) is 29.1 Å². The summed E-state index contributed by atoms with van der Waals surface area (Å²) in [6.07, 6.45) is -11.0. The van der Waals surface area contributed by atoms with E-state index in [1.54, 1.807) is 12.1 Å². The number of ether oxygens (including phenoxy) is 5. The van der Waals surface area contributed by atoms with Crippen molar-refractivity contribution >= 4 is 5.97 Å². The molecule has 0 radical (unpaired) electrons. The first-order valence-electron chi connectivity index (χ1n) is 20.6. The molecular formula is C44H35F23O6. The first kappa shape index (κ1) is 60.2. The fraction of sp³-hybridized carbons (Fsp3) is 0.523. The van der Waals surface area contributed by atoms with Crippen molar-refractivity contribution in [1.29, 1.82) is 0 Å². The highest BCUT2D eigenvalue weighted by Gasteiger charge is 2.99. The molecule has 0 saturated carbocycles. The Morgan fingerprint density at radius 1 is 0.493 bits per heavy atom. The van der Waals surface area contributed by atoms with E-state index in [1.807, 2.05) is 0 Å². The second-order valence-electron chi connectivity index (χ2n) is 16.2. The number of unbranched alkanes of at least 4 members (excludes halogenated alkanes) is 3. The maximum Gasteiger partial charge on any atom is 0.471 e. The van der Waals surface area contributed by atoms with Gasteiger partial charge in [0.1, 0.15) is 17.2 Å². The smallest absolute Gasteiger partial charge is 0.471 e. The molecule has 1 aliphatic rings. The van der Waals surface area contributed by atoms with Gasteiger partial charge in [-0.15, -0.1) is 0 Å². The molecule has 0 aliphatic carbocycles. The molecule has 1 heterocycles. The molecule has 1 saturated heterocycles. The van der Waals surface area contributed by atoms with Gasteiger partial charge in [0.25, 0.3) is 0 Å². The lowest BCUT2D eigenvalue weighted by Gasteiger charge is -2.45. The highest BCUT2D eigenvalue weighted by molar-refractivity contribution is 5.91. The quantitative estimate of drug-likeness (QED) is 0.0293. The molecule has 0 amide bonds. The molecule has 3 aromatic carbocycles. The number of hydrogen-bond donors (Lipinski definition) is 0. The van der Waals surface area contributed by atoms with Crippen molar-refractivity contribution in [3.05, 3.63) is 89.5 Å². The van der Waals surface area contributed by atoms with Gasteiger partial charge >= 0.3 is 71.6 Å². The van der Waals surface area contributed by atoms with Gasteiger partial charge in [0.2, 0.25) is 0 Å². The molecule has 0 bridgehead atoms. The minimum Gasteiger partial charge on any atom is -0.494 e. The molecule has 0 unspecified atom stereocenters. The Kier molecular flexibility index (Phi) is 17.4. The van der Waals surface area contributed by atoms with E-state index >= 15 is 0 Å². The predicted octanol–water partition coefficient (Wildman–Crippen LogP) is 13.9. The molecule has 4 rings (SSSR count). The van der Waals surface area contributed by atoms with Crippen LogP contribution in [-0.4, -0.2) is 105 Å². The Hall–Kier alpha value is -5.40. The van der Waals surface area contributed by atoms with Gasteiger partial charge in [-0.25, -0.2) is 4.79 Å². The Labute approximate surface area is 397 Å². The fourth-order valence-electron chi connectivity index (χ4n) is 6.08. The third-order valence-electron chi connectivity index (χ3n) is 10.9. The molecule has 0 aromatic heterocycles. The summed E-state index contributed by atoms with van der Waals surface area (Å²) in [6.45, 7) is 5.28. The average molecular weight is 1100 g/mol. The van der Waals surface area contributed by atoms with E-state index in [-0.39, 0.29) is 40.0 Å². The maximum absolute atomic E-state index is 14.4. The van der Waals surface area contributed by atoms with Crippen LogP contribution in [0.4, 0.5) is 101 Å². The van der Waals surface area contributed by atoms with Crippen LogP contribution >= 0.6 is 0 Å². The topological polar surface area (TPSA) is 63.2 Å².